The Labute approximate surface area is 150 Å². The first kappa shape index (κ1) is 17.5. The second-order valence-corrected chi connectivity index (χ2v) is 7.34. The molecule has 0 radical (unpaired) electrons. The smallest absolute Gasteiger partial charge is 0.375 e. The van der Waals surface area contributed by atoms with E-state index in [4.69, 9.17) is 20.6 Å². The molecule has 0 aliphatic carbocycles. The monoisotopic (exact) mass is 379 g/mol. The number of nitrogens with zero attached hydrogens (tertiary/aromatic N) is 1. The number of benzene rings is 2. The van der Waals surface area contributed by atoms with Gasteiger partial charge in [-0.1, -0.05) is 29.8 Å². The number of fused-ring (bicyclic) bond motifs is 1. The van der Waals surface area contributed by atoms with Gasteiger partial charge in [0, 0.05) is 23.0 Å². The van der Waals surface area contributed by atoms with E-state index in [1.165, 1.54) is 0 Å². The van der Waals surface area contributed by atoms with Crippen LogP contribution in [0.15, 0.2) is 59.1 Å². The minimum absolute atomic E-state index is 0.0389. The SMILES string of the molecule is O=S(=O)(O)CC[n+]1c(/C=C/Nc2ccccc2)oc2ccc(Cl)cc21. The molecule has 0 aliphatic heterocycles. The van der Waals surface area contributed by atoms with Gasteiger partial charge in [0.05, 0.1) is 6.08 Å². The van der Waals surface area contributed by atoms with Gasteiger partial charge in [0.25, 0.3) is 15.6 Å². The highest BCUT2D eigenvalue weighted by atomic mass is 35.5. The van der Waals surface area contributed by atoms with E-state index in [-0.39, 0.29) is 6.54 Å². The van der Waals surface area contributed by atoms with Crippen molar-refractivity contribution in [3.8, 4) is 0 Å². The molecule has 25 heavy (non-hydrogen) atoms. The van der Waals surface area contributed by atoms with Crippen molar-refractivity contribution in [2.45, 2.75) is 6.54 Å². The molecular formula is C17H16ClN2O4S+. The number of halogens is 1. The number of hydrogen-bond donors (Lipinski definition) is 2. The highest BCUT2D eigenvalue weighted by Crippen LogP contribution is 2.19. The standard InChI is InChI=1S/C17H15ClN2O4S/c18-13-6-7-16-15(12-13)20(10-11-25(21,22)23)17(24-16)8-9-19-14-4-2-1-3-5-14/h1-9,12H,10-11H2,(H,21,22,23)/p+1. The van der Waals surface area contributed by atoms with Crippen molar-refractivity contribution in [3.63, 3.8) is 0 Å². The Morgan fingerprint density at radius 1 is 1.20 bits per heavy atom. The summed E-state index contributed by atoms with van der Waals surface area (Å²) in [6, 6.07) is 14.6. The fourth-order valence-corrected chi connectivity index (χ4v) is 2.96. The third-order valence-corrected chi connectivity index (χ3v) is 4.45. The maximum absolute atomic E-state index is 11.1. The second-order valence-electron chi connectivity index (χ2n) is 5.33. The molecular weight excluding hydrogens is 364 g/mol. The predicted octanol–water partition coefficient (Wildman–Crippen LogP) is 3.34. The lowest BCUT2D eigenvalue weighted by Crippen LogP contribution is -2.38. The van der Waals surface area contributed by atoms with Crippen LogP contribution in [0.2, 0.25) is 5.02 Å². The van der Waals surface area contributed by atoms with Crippen molar-refractivity contribution in [1.82, 2.24) is 0 Å². The van der Waals surface area contributed by atoms with Crippen LogP contribution in [0, 0.1) is 0 Å². The largest absolute Gasteiger partial charge is 0.398 e. The molecule has 1 aromatic heterocycles. The maximum Gasteiger partial charge on any atom is 0.375 e. The summed E-state index contributed by atoms with van der Waals surface area (Å²) in [5.41, 5.74) is 2.12. The van der Waals surface area contributed by atoms with Gasteiger partial charge in [-0.3, -0.25) is 4.55 Å². The Morgan fingerprint density at radius 3 is 2.68 bits per heavy atom. The van der Waals surface area contributed by atoms with Gasteiger partial charge in [-0.15, -0.1) is 0 Å². The van der Waals surface area contributed by atoms with Gasteiger partial charge in [-0.05, 0) is 24.3 Å². The molecule has 0 spiro atoms. The maximum atomic E-state index is 11.1. The van der Waals surface area contributed by atoms with Gasteiger partial charge >= 0.3 is 5.89 Å². The average molecular weight is 380 g/mol. The highest BCUT2D eigenvalue weighted by molar-refractivity contribution is 7.85. The molecule has 0 aliphatic rings. The van der Waals surface area contributed by atoms with Crippen molar-refractivity contribution < 1.29 is 22.0 Å². The molecule has 0 bridgehead atoms. The average Bonchev–Trinajstić information content (AvgIpc) is 2.90. The van der Waals surface area contributed by atoms with Crippen LogP contribution in [0.3, 0.4) is 0 Å². The summed E-state index contributed by atoms with van der Waals surface area (Å²) >= 11 is 6.02. The zero-order valence-corrected chi connectivity index (χ0v) is 14.7. The molecule has 1 heterocycles. The number of anilines is 1. The van der Waals surface area contributed by atoms with Crippen molar-refractivity contribution in [1.29, 1.82) is 0 Å². The van der Waals surface area contributed by atoms with Crippen LogP contribution in [0.5, 0.6) is 0 Å². The van der Waals surface area contributed by atoms with E-state index in [2.05, 4.69) is 5.32 Å². The number of para-hydroxylation sites is 1. The third-order valence-electron chi connectivity index (χ3n) is 3.51. The van der Waals surface area contributed by atoms with Crippen LogP contribution in [0.1, 0.15) is 5.89 Å². The lowest BCUT2D eigenvalue weighted by Gasteiger charge is -1.98. The number of aryl methyl sites for hydroxylation is 1. The summed E-state index contributed by atoms with van der Waals surface area (Å²) in [5.74, 6) is 0.00975. The Morgan fingerprint density at radius 2 is 1.96 bits per heavy atom. The van der Waals surface area contributed by atoms with Crippen molar-refractivity contribution in [2.75, 3.05) is 11.1 Å². The summed E-state index contributed by atoms with van der Waals surface area (Å²) in [5, 5.41) is 3.61. The van der Waals surface area contributed by atoms with Gasteiger partial charge in [-0.2, -0.15) is 13.0 Å². The number of aromatic nitrogens is 1. The molecule has 0 saturated carbocycles. The van der Waals surface area contributed by atoms with Crippen LogP contribution < -0.4 is 9.88 Å². The summed E-state index contributed by atoms with van der Waals surface area (Å²) in [4.78, 5) is 0. The van der Waals surface area contributed by atoms with Crippen molar-refractivity contribution >= 4 is 44.6 Å². The molecule has 0 saturated heterocycles. The summed E-state index contributed by atoms with van der Waals surface area (Å²) < 4.78 is 38.6. The molecule has 0 atom stereocenters. The van der Waals surface area contributed by atoms with E-state index in [1.54, 1.807) is 35.0 Å². The summed E-state index contributed by atoms with van der Waals surface area (Å²) in [6.07, 6.45) is 3.38. The minimum Gasteiger partial charge on any atom is -0.398 e. The normalized spacial score (nSPS) is 12.1. The number of oxazole rings is 1. The van der Waals surface area contributed by atoms with E-state index in [9.17, 15) is 8.42 Å². The van der Waals surface area contributed by atoms with Crippen LogP contribution in [-0.2, 0) is 16.7 Å². The fraction of sp³-hybridized carbons (Fsp3) is 0.118. The van der Waals surface area contributed by atoms with E-state index >= 15 is 0 Å². The summed E-state index contributed by atoms with van der Waals surface area (Å²) in [6.45, 7) is 0.0389. The molecule has 6 nitrogen and oxygen atoms in total. The van der Waals surface area contributed by atoms with Crippen LogP contribution in [-0.4, -0.2) is 18.7 Å². The first-order valence-corrected chi connectivity index (χ1v) is 9.46. The Bertz CT molecular complexity index is 1010. The Kier molecular flexibility index (Phi) is 5.08. The van der Waals surface area contributed by atoms with E-state index < -0.39 is 15.9 Å². The quantitative estimate of drug-likeness (QED) is 0.507. The van der Waals surface area contributed by atoms with E-state index in [0.717, 1.165) is 5.69 Å². The van der Waals surface area contributed by atoms with Crippen LogP contribution in [0.25, 0.3) is 17.2 Å². The molecule has 2 N–H and O–H groups in total. The molecule has 130 valence electrons. The number of hydrogen-bond acceptors (Lipinski definition) is 4. The van der Waals surface area contributed by atoms with Gasteiger partial charge in [0.2, 0.25) is 5.58 Å². The molecule has 0 unspecified atom stereocenters. The number of rotatable bonds is 6. The number of nitrogens with one attached hydrogen (secondary N) is 1. The topological polar surface area (TPSA) is 83.4 Å². The van der Waals surface area contributed by atoms with E-state index in [1.807, 2.05) is 30.3 Å². The lowest BCUT2D eigenvalue weighted by atomic mass is 10.3. The molecule has 8 heteroatoms. The van der Waals surface area contributed by atoms with Gasteiger partial charge in [0.1, 0.15) is 5.75 Å². The molecule has 0 fully saturated rings. The third kappa shape index (κ3) is 4.60. The first-order chi connectivity index (χ1) is 11.9. The fourth-order valence-electron chi connectivity index (χ4n) is 2.38. The lowest BCUT2D eigenvalue weighted by molar-refractivity contribution is -0.673. The van der Waals surface area contributed by atoms with E-state index in [0.29, 0.717) is 22.0 Å². The minimum atomic E-state index is -4.09. The molecule has 0 amide bonds. The molecule has 3 rings (SSSR count). The van der Waals surface area contributed by atoms with Crippen molar-refractivity contribution in [3.05, 3.63) is 65.6 Å². The predicted molar refractivity (Wildman–Crippen MR) is 96.9 cm³/mol. The first-order valence-electron chi connectivity index (χ1n) is 7.47. The molecule has 3 aromatic rings. The zero-order chi connectivity index (χ0) is 17.9. The zero-order valence-electron chi connectivity index (χ0n) is 13.1. The Hall–Kier alpha value is -2.35. The summed E-state index contributed by atoms with van der Waals surface area (Å²) in [7, 11) is -4.09. The van der Waals surface area contributed by atoms with Crippen molar-refractivity contribution in [2.24, 2.45) is 0 Å². The van der Waals surface area contributed by atoms with Gasteiger partial charge in [-0.25, -0.2) is 0 Å². The Balaban J connectivity index is 1.92. The highest BCUT2D eigenvalue weighted by Gasteiger charge is 2.23. The van der Waals surface area contributed by atoms with Gasteiger partial charge in [0.15, 0.2) is 6.54 Å². The van der Waals surface area contributed by atoms with Crippen LogP contribution in [0.4, 0.5) is 5.69 Å². The van der Waals surface area contributed by atoms with Gasteiger partial charge < -0.3 is 9.73 Å². The second kappa shape index (κ2) is 7.26. The molecule has 2 aromatic carbocycles. The van der Waals surface area contributed by atoms with Crippen LogP contribution >= 0.6 is 11.6 Å².